The number of carbonyl (C=O) groups is 2. The molecular weight excluding hydrogens is 362 g/mol. The topological polar surface area (TPSA) is 94.1 Å². The van der Waals surface area contributed by atoms with E-state index in [4.69, 9.17) is 19.3 Å². The van der Waals surface area contributed by atoms with Crippen LogP contribution in [0, 0.1) is 5.92 Å². The Hall–Kier alpha value is -3.22. The summed E-state index contributed by atoms with van der Waals surface area (Å²) in [6.07, 6.45) is 1.29. The van der Waals surface area contributed by atoms with Gasteiger partial charge in [-0.2, -0.15) is 0 Å². The standard InChI is InChI=1S/C21H23NO6/c1-26-18-6-7-19-15(11-18)10-16(12-28-19)21(25)22-9-8-14-2-4-17(5-3-14)27-13-20(23)24/h2-7,11,16H,8-10,12-13H2,1H3,(H,22,25)(H,23,24). The van der Waals surface area contributed by atoms with Gasteiger partial charge in [-0.15, -0.1) is 0 Å². The number of aliphatic carboxylic acids is 1. The van der Waals surface area contributed by atoms with Gasteiger partial charge in [0, 0.05) is 6.54 Å². The number of hydrogen-bond acceptors (Lipinski definition) is 5. The van der Waals surface area contributed by atoms with Crippen molar-refractivity contribution in [1.82, 2.24) is 5.32 Å². The van der Waals surface area contributed by atoms with Crippen molar-refractivity contribution in [3.05, 3.63) is 53.6 Å². The van der Waals surface area contributed by atoms with E-state index in [-0.39, 0.29) is 18.4 Å². The molecule has 0 spiro atoms. The quantitative estimate of drug-likeness (QED) is 0.723. The molecule has 1 unspecified atom stereocenters. The van der Waals surface area contributed by atoms with Crippen molar-refractivity contribution in [1.29, 1.82) is 0 Å². The molecule has 0 fully saturated rings. The zero-order valence-electron chi connectivity index (χ0n) is 15.6. The number of amides is 1. The summed E-state index contributed by atoms with van der Waals surface area (Å²) in [6.45, 7) is 0.504. The van der Waals surface area contributed by atoms with Crippen LogP contribution in [0.25, 0.3) is 0 Å². The molecule has 1 atom stereocenters. The molecule has 1 aliphatic rings. The summed E-state index contributed by atoms with van der Waals surface area (Å²) in [5, 5.41) is 11.6. The van der Waals surface area contributed by atoms with Crippen LogP contribution < -0.4 is 19.5 Å². The molecule has 2 aromatic rings. The van der Waals surface area contributed by atoms with Crippen molar-refractivity contribution < 1.29 is 28.9 Å². The fourth-order valence-corrected chi connectivity index (χ4v) is 3.04. The maximum absolute atomic E-state index is 12.5. The average Bonchev–Trinajstić information content (AvgIpc) is 2.72. The number of nitrogens with one attached hydrogen (secondary N) is 1. The molecule has 0 saturated heterocycles. The molecule has 2 N–H and O–H groups in total. The average molecular weight is 385 g/mol. The van der Waals surface area contributed by atoms with Crippen molar-refractivity contribution in [3.63, 3.8) is 0 Å². The van der Waals surface area contributed by atoms with Crippen LogP contribution in [0.1, 0.15) is 11.1 Å². The summed E-state index contributed by atoms with van der Waals surface area (Å²) in [5.74, 6) is 0.777. The molecule has 2 aromatic carbocycles. The highest BCUT2D eigenvalue weighted by Gasteiger charge is 2.26. The summed E-state index contributed by atoms with van der Waals surface area (Å²) in [4.78, 5) is 23.0. The number of fused-ring (bicyclic) bond motifs is 1. The van der Waals surface area contributed by atoms with Crippen LogP contribution in [0.4, 0.5) is 0 Å². The van der Waals surface area contributed by atoms with Crippen LogP contribution in [-0.2, 0) is 22.4 Å². The van der Waals surface area contributed by atoms with Crippen LogP contribution in [-0.4, -0.2) is 43.9 Å². The smallest absolute Gasteiger partial charge is 0.341 e. The number of ether oxygens (including phenoxy) is 3. The normalized spacial score (nSPS) is 15.1. The van der Waals surface area contributed by atoms with Crippen LogP contribution in [0.5, 0.6) is 17.2 Å². The number of benzene rings is 2. The molecule has 0 aromatic heterocycles. The van der Waals surface area contributed by atoms with Crippen LogP contribution in [0.15, 0.2) is 42.5 Å². The van der Waals surface area contributed by atoms with E-state index in [0.29, 0.717) is 31.7 Å². The van der Waals surface area contributed by atoms with E-state index < -0.39 is 5.97 Å². The van der Waals surface area contributed by atoms with Gasteiger partial charge in [0.15, 0.2) is 6.61 Å². The van der Waals surface area contributed by atoms with Crippen LogP contribution in [0.3, 0.4) is 0 Å². The van der Waals surface area contributed by atoms with Gasteiger partial charge in [-0.05, 0) is 54.3 Å². The molecule has 148 valence electrons. The van der Waals surface area contributed by atoms with Crippen molar-refractivity contribution in [2.24, 2.45) is 5.92 Å². The van der Waals surface area contributed by atoms with Gasteiger partial charge in [0.1, 0.15) is 23.9 Å². The molecule has 0 aliphatic carbocycles. The molecule has 7 heteroatoms. The van der Waals surface area contributed by atoms with E-state index in [9.17, 15) is 9.59 Å². The summed E-state index contributed by atoms with van der Waals surface area (Å²) in [7, 11) is 1.61. The Balaban J connectivity index is 1.46. The molecule has 1 aliphatic heterocycles. The Bertz CT molecular complexity index is 833. The number of methoxy groups -OCH3 is 1. The lowest BCUT2D eigenvalue weighted by Gasteiger charge is -2.25. The fraction of sp³-hybridized carbons (Fsp3) is 0.333. The van der Waals surface area contributed by atoms with Gasteiger partial charge in [0.25, 0.3) is 0 Å². The van der Waals surface area contributed by atoms with E-state index in [0.717, 1.165) is 22.6 Å². The molecule has 3 rings (SSSR count). The third-order valence-corrected chi connectivity index (χ3v) is 4.54. The minimum atomic E-state index is -1.01. The predicted molar refractivity (Wildman–Crippen MR) is 102 cm³/mol. The highest BCUT2D eigenvalue weighted by molar-refractivity contribution is 5.79. The van der Waals surface area contributed by atoms with Gasteiger partial charge in [-0.25, -0.2) is 4.79 Å². The Kier molecular flexibility index (Phi) is 6.37. The lowest BCUT2D eigenvalue weighted by Crippen LogP contribution is -2.38. The minimum Gasteiger partial charge on any atom is -0.497 e. The van der Waals surface area contributed by atoms with Crippen molar-refractivity contribution >= 4 is 11.9 Å². The highest BCUT2D eigenvalue weighted by Crippen LogP contribution is 2.30. The zero-order chi connectivity index (χ0) is 19.9. The maximum Gasteiger partial charge on any atom is 0.341 e. The summed E-state index contributed by atoms with van der Waals surface area (Å²) >= 11 is 0. The monoisotopic (exact) mass is 385 g/mol. The molecule has 0 saturated carbocycles. The first-order valence-electron chi connectivity index (χ1n) is 9.06. The molecule has 0 bridgehead atoms. The number of rotatable bonds is 8. The van der Waals surface area contributed by atoms with E-state index in [1.54, 1.807) is 19.2 Å². The van der Waals surface area contributed by atoms with Crippen molar-refractivity contribution in [2.45, 2.75) is 12.8 Å². The molecule has 7 nitrogen and oxygen atoms in total. The van der Waals surface area contributed by atoms with E-state index >= 15 is 0 Å². The molecule has 1 heterocycles. The highest BCUT2D eigenvalue weighted by atomic mass is 16.5. The minimum absolute atomic E-state index is 0.0325. The predicted octanol–water partition coefficient (Wildman–Crippen LogP) is 2.07. The summed E-state index contributed by atoms with van der Waals surface area (Å²) in [5.41, 5.74) is 2.00. The van der Waals surface area contributed by atoms with Gasteiger partial charge in [-0.3, -0.25) is 4.79 Å². The number of carboxylic acids is 1. The summed E-state index contributed by atoms with van der Waals surface area (Å²) < 4.78 is 16.0. The summed E-state index contributed by atoms with van der Waals surface area (Å²) in [6, 6.07) is 12.8. The van der Waals surface area contributed by atoms with Crippen molar-refractivity contribution in [3.8, 4) is 17.2 Å². The Labute approximate surface area is 163 Å². The van der Waals surface area contributed by atoms with Gasteiger partial charge < -0.3 is 24.6 Å². The Morgan fingerprint density at radius 1 is 1.18 bits per heavy atom. The fourth-order valence-electron chi connectivity index (χ4n) is 3.04. The van der Waals surface area contributed by atoms with E-state index in [1.165, 1.54) is 0 Å². The SMILES string of the molecule is COc1ccc2c(c1)CC(C(=O)NCCc1ccc(OCC(=O)O)cc1)CO2. The van der Waals surface area contributed by atoms with Crippen LogP contribution in [0.2, 0.25) is 0 Å². The van der Waals surface area contributed by atoms with Crippen molar-refractivity contribution in [2.75, 3.05) is 26.9 Å². The first kappa shape index (κ1) is 19.5. The second-order valence-electron chi connectivity index (χ2n) is 6.55. The van der Waals surface area contributed by atoms with Gasteiger partial charge in [0.2, 0.25) is 5.91 Å². The Morgan fingerprint density at radius 2 is 1.93 bits per heavy atom. The van der Waals surface area contributed by atoms with E-state index in [2.05, 4.69) is 5.32 Å². The molecular formula is C21H23NO6. The lowest BCUT2D eigenvalue weighted by atomic mass is 9.95. The maximum atomic E-state index is 12.5. The molecule has 28 heavy (non-hydrogen) atoms. The second-order valence-corrected chi connectivity index (χ2v) is 6.55. The molecule has 1 amide bonds. The lowest BCUT2D eigenvalue weighted by molar-refractivity contribution is -0.139. The van der Waals surface area contributed by atoms with Crippen LogP contribution >= 0.6 is 0 Å². The molecule has 0 radical (unpaired) electrons. The second kappa shape index (κ2) is 9.12. The number of hydrogen-bond donors (Lipinski definition) is 2. The Morgan fingerprint density at radius 3 is 2.64 bits per heavy atom. The largest absolute Gasteiger partial charge is 0.497 e. The first-order chi connectivity index (χ1) is 13.5. The first-order valence-corrected chi connectivity index (χ1v) is 9.06. The third-order valence-electron chi connectivity index (χ3n) is 4.54. The van der Waals surface area contributed by atoms with Gasteiger partial charge >= 0.3 is 5.97 Å². The van der Waals surface area contributed by atoms with Gasteiger partial charge in [-0.1, -0.05) is 12.1 Å². The third kappa shape index (κ3) is 5.16. The van der Waals surface area contributed by atoms with Gasteiger partial charge in [0.05, 0.1) is 13.0 Å². The zero-order valence-corrected chi connectivity index (χ0v) is 15.6. The number of carboxylic acid groups (broad SMARTS) is 1. The number of carbonyl (C=O) groups excluding carboxylic acids is 1. The van der Waals surface area contributed by atoms with E-state index in [1.807, 2.05) is 30.3 Å².